The van der Waals surface area contributed by atoms with Crippen LogP contribution in [0.25, 0.3) is 0 Å². The quantitative estimate of drug-likeness (QED) is 0.245. The van der Waals surface area contributed by atoms with Crippen LogP contribution in [-0.2, 0) is 20.7 Å². The Balaban J connectivity index is 1.52. The van der Waals surface area contributed by atoms with Gasteiger partial charge in [-0.3, -0.25) is 9.59 Å². The highest BCUT2D eigenvalue weighted by Gasteiger charge is 2.07. The molecule has 0 aliphatic carbocycles. The number of hydrogen-bond acceptors (Lipinski definition) is 4. The van der Waals surface area contributed by atoms with Crippen LogP contribution in [0.2, 0.25) is 0 Å². The fourth-order valence-corrected chi connectivity index (χ4v) is 3.33. The van der Waals surface area contributed by atoms with Crippen LogP contribution in [0.3, 0.4) is 0 Å². The summed E-state index contributed by atoms with van der Waals surface area (Å²) in [6.07, 6.45) is 8.75. The summed E-state index contributed by atoms with van der Waals surface area (Å²) < 4.78 is 11.0. The molecule has 0 aliphatic heterocycles. The van der Waals surface area contributed by atoms with Crippen LogP contribution in [0.1, 0.15) is 70.3 Å². The lowest BCUT2D eigenvalue weighted by atomic mass is 10.1. The monoisotopic (exact) mass is 439 g/mol. The van der Waals surface area contributed by atoms with Crippen LogP contribution >= 0.6 is 0 Å². The summed E-state index contributed by atoms with van der Waals surface area (Å²) in [5, 5.41) is 2.86. The summed E-state index contributed by atoms with van der Waals surface area (Å²) in [7, 11) is 0. The Kier molecular flexibility index (Phi) is 12.6. The lowest BCUT2D eigenvalue weighted by Crippen LogP contribution is -2.13. The van der Waals surface area contributed by atoms with E-state index < -0.39 is 0 Å². The lowest BCUT2D eigenvalue weighted by Gasteiger charge is -2.09. The maximum atomic E-state index is 12.1. The molecule has 0 spiro atoms. The van der Waals surface area contributed by atoms with Crippen molar-refractivity contribution in [2.24, 2.45) is 0 Å². The summed E-state index contributed by atoms with van der Waals surface area (Å²) >= 11 is 0. The SMILES string of the molecule is CCCCCCCOc1ccc(NC(=O)CCCC(=O)OCCCc2ccccc2)cc1. The van der Waals surface area contributed by atoms with Gasteiger partial charge in [-0.2, -0.15) is 0 Å². The Labute approximate surface area is 192 Å². The smallest absolute Gasteiger partial charge is 0.305 e. The first-order valence-electron chi connectivity index (χ1n) is 11.9. The topological polar surface area (TPSA) is 64.6 Å². The van der Waals surface area contributed by atoms with Crippen LogP contribution in [0.4, 0.5) is 5.69 Å². The third kappa shape index (κ3) is 11.5. The van der Waals surface area contributed by atoms with E-state index in [1.807, 2.05) is 42.5 Å². The molecule has 2 rings (SSSR count). The van der Waals surface area contributed by atoms with Crippen LogP contribution in [0.5, 0.6) is 5.75 Å². The van der Waals surface area contributed by atoms with Gasteiger partial charge in [0.05, 0.1) is 13.2 Å². The van der Waals surface area contributed by atoms with E-state index in [4.69, 9.17) is 9.47 Å². The van der Waals surface area contributed by atoms with Crippen molar-refractivity contribution in [1.29, 1.82) is 0 Å². The van der Waals surface area contributed by atoms with E-state index in [2.05, 4.69) is 24.4 Å². The molecule has 2 aromatic carbocycles. The molecule has 2 aromatic rings. The molecule has 5 heteroatoms. The van der Waals surface area contributed by atoms with Gasteiger partial charge >= 0.3 is 5.97 Å². The number of benzene rings is 2. The number of carbonyl (C=O) groups is 2. The van der Waals surface area contributed by atoms with Crippen molar-refractivity contribution in [3.05, 3.63) is 60.2 Å². The molecule has 5 nitrogen and oxygen atoms in total. The van der Waals surface area contributed by atoms with Gasteiger partial charge in [0.25, 0.3) is 0 Å². The van der Waals surface area contributed by atoms with Crippen molar-refractivity contribution in [2.45, 2.75) is 71.1 Å². The molecule has 174 valence electrons. The van der Waals surface area contributed by atoms with Gasteiger partial charge in [0.2, 0.25) is 5.91 Å². The molecule has 0 saturated heterocycles. The van der Waals surface area contributed by atoms with Gasteiger partial charge in [-0.15, -0.1) is 0 Å². The zero-order valence-corrected chi connectivity index (χ0v) is 19.3. The standard InChI is InChI=1S/C27H37NO4/c1-2-3-4-5-9-21-31-25-19-17-24(18-20-25)28-26(29)15-10-16-27(30)32-22-11-14-23-12-7-6-8-13-23/h6-8,12-13,17-20H,2-5,9-11,14-16,21-22H2,1H3,(H,28,29). The minimum Gasteiger partial charge on any atom is -0.494 e. The normalized spacial score (nSPS) is 10.5. The number of carbonyl (C=O) groups excluding carboxylic acids is 2. The highest BCUT2D eigenvalue weighted by atomic mass is 16.5. The van der Waals surface area contributed by atoms with Gasteiger partial charge in [-0.25, -0.2) is 0 Å². The van der Waals surface area contributed by atoms with E-state index in [9.17, 15) is 9.59 Å². The Hall–Kier alpha value is -2.82. The number of amides is 1. The fraction of sp³-hybridized carbons (Fsp3) is 0.481. The number of rotatable bonds is 16. The third-order valence-corrected chi connectivity index (χ3v) is 5.16. The van der Waals surface area contributed by atoms with Gasteiger partial charge in [-0.1, -0.05) is 62.9 Å². The van der Waals surface area contributed by atoms with Crippen molar-refractivity contribution >= 4 is 17.6 Å². The van der Waals surface area contributed by atoms with Crippen LogP contribution in [0, 0.1) is 0 Å². The second-order valence-corrected chi connectivity index (χ2v) is 8.00. The van der Waals surface area contributed by atoms with Gasteiger partial charge in [0, 0.05) is 18.5 Å². The molecule has 0 saturated carbocycles. The second kappa shape index (κ2) is 15.9. The molecule has 1 amide bonds. The number of aryl methyl sites for hydroxylation is 1. The summed E-state index contributed by atoms with van der Waals surface area (Å²) in [6.45, 7) is 3.34. The maximum absolute atomic E-state index is 12.1. The Morgan fingerprint density at radius 1 is 0.781 bits per heavy atom. The summed E-state index contributed by atoms with van der Waals surface area (Å²) in [4.78, 5) is 23.9. The Bertz CT molecular complexity index is 774. The minimum absolute atomic E-state index is 0.105. The van der Waals surface area contributed by atoms with Crippen molar-refractivity contribution < 1.29 is 19.1 Å². The minimum atomic E-state index is -0.248. The van der Waals surface area contributed by atoms with Crippen LogP contribution in [-0.4, -0.2) is 25.1 Å². The number of nitrogens with one attached hydrogen (secondary N) is 1. The largest absolute Gasteiger partial charge is 0.494 e. The Morgan fingerprint density at radius 3 is 2.28 bits per heavy atom. The predicted octanol–water partition coefficient (Wildman–Crippen LogP) is 6.32. The third-order valence-electron chi connectivity index (χ3n) is 5.16. The first-order valence-corrected chi connectivity index (χ1v) is 11.9. The van der Waals surface area contributed by atoms with E-state index in [0.717, 1.165) is 37.3 Å². The molecule has 0 heterocycles. The van der Waals surface area contributed by atoms with Gasteiger partial charge < -0.3 is 14.8 Å². The van der Waals surface area contributed by atoms with Crippen LogP contribution in [0.15, 0.2) is 54.6 Å². The van der Waals surface area contributed by atoms with Crippen molar-refractivity contribution in [2.75, 3.05) is 18.5 Å². The molecule has 1 N–H and O–H groups in total. The predicted molar refractivity (Wildman–Crippen MR) is 129 cm³/mol. The van der Waals surface area contributed by atoms with E-state index in [1.54, 1.807) is 0 Å². The average Bonchev–Trinajstić information content (AvgIpc) is 2.81. The van der Waals surface area contributed by atoms with E-state index >= 15 is 0 Å². The fourth-order valence-electron chi connectivity index (χ4n) is 3.33. The molecule has 0 bridgehead atoms. The second-order valence-electron chi connectivity index (χ2n) is 8.00. The molecule has 0 radical (unpaired) electrons. The van der Waals surface area contributed by atoms with Gasteiger partial charge in [0.15, 0.2) is 0 Å². The molecule has 0 fully saturated rings. The number of unbranched alkanes of at least 4 members (excludes halogenated alkanes) is 4. The number of ether oxygens (including phenoxy) is 2. The highest BCUT2D eigenvalue weighted by Crippen LogP contribution is 2.17. The number of anilines is 1. The number of esters is 1. The molecule has 32 heavy (non-hydrogen) atoms. The van der Waals surface area contributed by atoms with Crippen molar-refractivity contribution in [3.8, 4) is 5.75 Å². The maximum Gasteiger partial charge on any atom is 0.305 e. The van der Waals surface area contributed by atoms with E-state index in [0.29, 0.717) is 13.0 Å². The van der Waals surface area contributed by atoms with Crippen molar-refractivity contribution in [1.82, 2.24) is 0 Å². The molecular formula is C27H37NO4. The average molecular weight is 440 g/mol. The lowest BCUT2D eigenvalue weighted by molar-refractivity contribution is -0.143. The highest BCUT2D eigenvalue weighted by molar-refractivity contribution is 5.90. The summed E-state index contributed by atoms with van der Waals surface area (Å²) in [5.74, 6) is 0.460. The molecule has 0 aliphatic rings. The Morgan fingerprint density at radius 2 is 1.53 bits per heavy atom. The molecule has 0 atom stereocenters. The van der Waals surface area contributed by atoms with Gasteiger partial charge in [-0.05, 0) is 55.5 Å². The van der Waals surface area contributed by atoms with Gasteiger partial charge in [0.1, 0.15) is 5.75 Å². The summed E-state index contributed by atoms with van der Waals surface area (Å²) in [6, 6.07) is 17.5. The summed E-state index contributed by atoms with van der Waals surface area (Å²) in [5.41, 5.74) is 1.97. The molecule has 0 unspecified atom stereocenters. The molecular weight excluding hydrogens is 402 g/mol. The van der Waals surface area contributed by atoms with E-state index in [1.165, 1.54) is 31.2 Å². The zero-order valence-electron chi connectivity index (χ0n) is 19.3. The van der Waals surface area contributed by atoms with Crippen molar-refractivity contribution in [3.63, 3.8) is 0 Å². The number of hydrogen-bond donors (Lipinski definition) is 1. The first kappa shape index (κ1) is 25.4. The van der Waals surface area contributed by atoms with Crippen LogP contribution < -0.4 is 10.1 Å². The first-order chi connectivity index (χ1) is 15.7. The van der Waals surface area contributed by atoms with E-state index in [-0.39, 0.29) is 24.7 Å². The zero-order chi connectivity index (χ0) is 22.9. The molecule has 0 aromatic heterocycles.